The van der Waals surface area contributed by atoms with E-state index in [-0.39, 0.29) is 5.91 Å². The van der Waals surface area contributed by atoms with Crippen LogP contribution in [0.15, 0.2) is 36.5 Å². The first kappa shape index (κ1) is 18.0. The smallest absolute Gasteiger partial charge is 0.273 e. The first-order chi connectivity index (χ1) is 12.7. The second-order valence-electron chi connectivity index (χ2n) is 5.78. The highest BCUT2D eigenvalue weighted by molar-refractivity contribution is 5.93. The lowest BCUT2D eigenvalue weighted by Gasteiger charge is -2.08. The summed E-state index contributed by atoms with van der Waals surface area (Å²) in [6.07, 6.45) is 1.75. The molecule has 2 aromatic heterocycles. The average Bonchev–Trinajstić information content (AvgIpc) is 3.05. The fourth-order valence-electron chi connectivity index (χ4n) is 2.69. The van der Waals surface area contributed by atoms with Crippen LogP contribution in [0, 0.1) is 6.92 Å². The summed E-state index contributed by atoms with van der Waals surface area (Å²) in [5.74, 6) is -0.236. The number of fused-ring (bicyclic) bond motifs is 1. The van der Waals surface area contributed by atoms with Crippen LogP contribution in [-0.2, 0) is 4.74 Å². The Balaban J connectivity index is 1.72. The van der Waals surface area contributed by atoms with Crippen LogP contribution in [0.3, 0.4) is 0 Å². The standard InChI is InChI=1S/C18H22N6O2/c1-13-17(18(25)21-10-9-19-11-12-26-2)22-23-24(13)16-7-3-6-15-14(16)5-4-8-20-15/h3-8,19H,9-12H2,1-2H3,(H,21,25). The van der Waals surface area contributed by atoms with Crippen LogP contribution in [0.5, 0.6) is 0 Å². The number of hydrogen-bond donors (Lipinski definition) is 2. The number of methoxy groups -OCH3 is 1. The predicted octanol–water partition coefficient (Wildman–Crippen LogP) is 1.09. The normalized spacial score (nSPS) is 11.0. The molecule has 8 nitrogen and oxygen atoms in total. The second-order valence-corrected chi connectivity index (χ2v) is 5.78. The van der Waals surface area contributed by atoms with Gasteiger partial charge < -0.3 is 15.4 Å². The van der Waals surface area contributed by atoms with E-state index in [2.05, 4.69) is 25.9 Å². The molecule has 26 heavy (non-hydrogen) atoms. The average molecular weight is 354 g/mol. The summed E-state index contributed by atoms with van der Waals surface area (Å²) in [4.78, 5) is 16.7. The van der Waals surface area contributed by atoms with Crippen molar-refractivity contribution in [3.05, 3.63) is 47.9 Å². The molecule has 0 spiro atoms. The van der Waals surface area contributed by atoms with E-state index in [9.17, 15) is 4.79 Å². The number of carbonyl (C=O) groups is 1. The maximum Gasteiger partial charge on any atom is 0.273 e. The first-order valence-corrected chi connectivity index (χ1v) is 8.46. The molecular formula is C18H22N6O2. The Labute approximate surface area is 151 Å². The van der Waals surface area contributed by atoms with Crippen LogP contribution < -0.4 is 10.6 Å². The van der Waals surface area contributed by atoms with Gasteiger partial charge in [-0.2, -0.15) is 0 Å². The molecule has 1 amide bonds. The van der Waals surface area contributed by atoms with E-state index in [1.54, 1.807) is 18.0 Å². The van der Waals surface area contributed by atoms with E-state index < -0.39 is 0 Å². The van der Waals surface area contributed by atoms with Gasteiger partial charge in [0.15, 0.2) is 5.69 Å². The molecule has 2 heterocycles. The van der Waals surface area contributed by atoms with E-state index in [1.165, 1.54) is 0 Å². The number of aromatic nitrogens is 4. The molecule has 1 aromatic carbocycles. The molecule has 0 saturated heterocycles. The Bertz CT molecular complexity index is 887. The molecule has 0 radical (unpaired) electrons. The van der Waals surface area contributed by atoms with Crippen LogP contribution in [0.2, 0.25) is 0 Å². The summed E-state index contributed by atoms with van der Waals surface area (Å²) < 4.78 is 6.63. The number of carbonyl (C=O) groups excluding carboxylic acids is 1. The molecule has 0 aliphatic heterocycles. The number of pyridine rings is 1. The Hall–Kier alpha value is -2.84. The molecule has 0 aliphatic rings. The zero-order chi connectivity index (χ0) is 18.4. The number of benzene rings is 1. The van der Waals surface area contributed by atoms with E-state index in [4.69, 9.17) is 4.74 Å². The third-order valence-corrected chi connectivity index (χ3v) is 4.03. The highest BCUT2D eigenvalue weighted by Crippen LogP contribution is 2.21. The second kappa shape index (κ2) is 8.50. The number of hydrogen-bond acceptors (Lipinski definition) is 6. The molecule has 0 bridgehead atoms. The summed E-state index contributed by atoms with van der Waals surface area (Å²) in [5.41, 5.74) is 2.72. The molecule has 0 saturated carbocycles. The number of amides is 1. The topological polar surface area (TPSA) is 94.0 Å². The van der Waals surface area contributed by atoms with Crippen LogP contribution in [0.1, 0.15) is 16.2 Å². The van der Waals surface area contributed by atoms with Crippen LogP contribution in [0.4, 0.5) is 0 Å². The molecule has 3 rings (SSSR count). The highest BCUT2D eigenvalue weighted by Gasteiger charge is 2.18. The molecule has 3 aromatic rings. The molecule has 2 N–H and O–H groups in total. The summed E-state index contributed by atoms with van der Waals surface area (Å²) >= 11 is 0. The monoisotopic (exact) mass is 354 g/mol. The lowest BCUT2D eigenvalue weighted by Crippen LogP contribution is -2.33. The van der Waals surface area contributed by atoms with Crippen molar-refractivity contribution < 1.29 is 9.53 Å². The van der Waals surface area contributed by atoms with Crippen molar-refractivity contribution in [3.8, 4) is 5.69 Å². The maximum atomic E-state index is 12.4. The minimum Gasteiger partial charge on any atom is -0.383 e. The van der Waals surface area contributed by atoms with E-state index in [1.807, 2.05) is 37.3 Å². The molecule has 0 aliphatic carbocycles. The van der Waals surface area contributed by atoms with Crippen molar-refractivity contribution >= 4 is 16.8 Å². The summed E-state index contributed by atoms with van der Waals surface area (Å²) in [6.45, 7) is 4.39. The van der Waals surface area contributed by atoms with Gasteiger partial charge in [0.25, 0.3) is 5.91 Å². The Morgan fingerprint density at radius 3 is 2.92 bits per heavy atom. The highest BCUT2D eigenvalue weighted by atomic mass is 16.5. The van der Waals surface area contributed by atoms with Gasteiger partial charge in [0.2, 0.25) is 0 Å². The Kier molecular flexibility index (Phi) is 5.88. The molecule has 136 valence electrons. The molecule has 0 atom stereocenters. The Morgan fingerprint density at radius 2 is 2.08 bits per heavy atom. The van der Waals surface area contributed by atoms with Crippen molar-refractivity contribution in [1.82, 2.24) is 30.6 Å². The van der Waals surface area contributed by atoms with Crippen LogP contribution >= 0.6 is 0 Å². The molecule has 8 heteroatoms. The fourth-order valence-corrected chi connectivity index (χ4v) is 2.69. The summed E-state index contributed by atoms with van der Waals surface area (Å²) in [6, 6.07) is 9.64. The molecule has 0 unspecified atom stereocenters. The number of rotatable bonds is 8. The van der Waals surface area contributed by atoms with Gasteiger partial charge in [0.1, 0.15) is 0 Å². The summed E-state index contributed by atoms with van der Waals surface area (Å²) in [7, 11) is 1.65. The number of ether oxygens (including phenoxy) is 1. The quantitative estimate of drug-likeness (QED) is 0.588. The lowest BCUT2D eigenvalue weighted by molar-refractivity contribution is 0.0948. The van der Waals surface area contributed by atoms with Crippen molar-refractivity contribution in [3.63, 3.8) is 0 Å². The Morgan fingerprint density at radius 1 is 1.19 bits per heavy atom. The third-order valence-electron chi connectivity index (χ3n) is 4.03. The largest absolute Gasteiger partial charge is 0.383 e. The maximum absolute atomic E-state index is 12.4. The van der Waals surface area contributed by atoms with Gasteiger partial charge in [-0.25, -0.2) is 4.68 Å². The van der Waals surface area contributed by atoms with Crippen LogP contribution in [0.25, 0.3) is 16.6 Å². The SMILES string of the molecule is COCCNCCNC(=O)c1nnn(-c2cccc3ncccc23)c1C. The van der Waals surface area contributed by atoms with Crippen molar-refractivity contribution in [2.45, 2.75) is 6.92 Å². The minimum absolute atomic E-state index is 0.236. The van der Waals surface area contributed by atoms with Crippen molar-refractivity contribution in [1.29, 1.82) is 0 Å². The van der Waals surface area contributed by atoms with Gasteiger partial charge in [0, 0.05) is 38.3 Å². The molecule has 0 fully saturated rings. The minimum atomic E-state index is -0.236. The zero-order valence-electron chi connectivity index (χ0n) is 14.9. The fraction of sp³-hybridized carbons (Fsp3) is 0.333. The van der Waals surface area contributed by atoms with Gasteiger partial charge in [-0.15, -0.1) is 5.10 Å². The number of nitrogens with zero attached hydrogens (tertiary/aromatic N) is 4. The number of nitrogens with one attached hydrogen (secondary N) is 2. The van der Waals surface area contributed by atoms with E-state index in [0.717, 1.165) is 23.1 Å². The van der Waals surface area contributed by atoms with Gasteiger partial charge in [-0.05, 0) is 31.2 Å². The molecular weight excluding hydrogens is 332 g/mol. The first-order valence-electron chi connectivity index (χ1n) is 8.46. The van der Waals surface area contributed by atoms with Gasteiger partial charge in [-0.3, -0.25) is 9.78 Å². The predicted molar refractivity (Wildman–Crippen MR) is 98.5 cm³/mol. The van der Waals surface area contributed by atoms with Crippen LogP contribution in [-0.4, -0.2) is 59.2 Å². The third kappa shape index (κ3) is 3.87. The van der Waals surface area contributed by atoms with E-state index >= 15 is 0 Å². The van der Waals surface area contributed by atoms with Crippen molar-refractivity contribution in [2.75, 3.05) is 33.4 Å². The van der Waals surface area contributed by atoms with Gasteiger partial charge >= 0.3 is 0 Å². The van der Waals surface area contributed by atoms with Crippen molar-refractivity contribution in [2.24, 2.45) is 0 Å². The van der Waals surface area contributed by atoms with Gasteiger partial charge in [0.05, 0.1) is 23.5 Å². The lowest BCUT2D eigenvalue weighted by atomic mass is 10.2. The van der Waals surface area contributed by atoms with Gasteiger partial charge in [-0.1, -0.05) is 11.3 Å². The van der Waals surface area contributed by atoms with E-state index in [0.29, 0.717) is 31.1 Å². The summed E-state index contributed by atoms with van der Waals surface area (Å²) in [5, 5.41) is 15.2. The zero-order valence-corrected chi connectivity index (χ0v) is 14.9.